The Bertz CT molecular complexity index is 915. The lowest BCUT2D eigenvalue weighted by Crippen LogP contribution is -2.56. The molecule has 1 aliphatic heterocycles. The summed E-state index contributed by atoms with van der Waals surface area (Å²) in [6, 6.07) is 6.66. The third-order valence-electron chi connectivity index (χ3n) is 6.35. The Morgan fingerprint density at radius 3 is 2.49 bits per heavy atom. The molecule has 2 rings (SSSR count). The molecule has 6 N–H and O–H groups in total. The molecule has 0 radical (unpaired) electrons. The number of nitrogens with zero attached hydrogens (tertiary/aromatic N) is 2. The number of Topliss-reactive ketones (excluding diaryl/α,β-unsaturated/α-hetero) is 1. The van der Waals surface area contributed by atoms with E-state index in [1.54, 1.807) is 14.0 Å². The molecule has 1 aromatic carbocycles. The summed E-state index contributed by atoms with van der Waals surface area (Å²) in [6.45, 7) is 2.06. The molecule has 3 atom stereocenters. The molecule has 1 saturated heterocycles. The van der Waals surface area contributed by atoms with E-state index in [0.717, 1.165) is 5.56 Å². The van der Waals surface area contributed by atoms with Crippen molar-refractivity contribution in [3.63, 3.8) is 0 Å². The predicted octanol–water partition coefficient (Wildman–Crippen LogP) is 1.77. The van der Waals surface area contributed by atoms with E-state index in [9.17, 15) is 23.2 Å². The topological polar surface area (TPSA) is 143 Å². The molecule has 37 heavy (non-hydrogen) atoms. The Hall–Kier alpha value is -2.63. The maximum Gasteiger partial charge on any atom is 0.306 e. The summed E-state index contributed by atoms with van der Waals surface area (Å²) >= 11 is 0. The van der Waals surface area contributed by atoms with E-state index in [1.165, 1.54) is 4.90 Å². The molecule has 2 amide bonds. The van der Waals surface area contributed by atoms with Gasteiger partial charge in [-0.15, -0.1) is 12.4 Å². The fourth-order valence-corrected chi connectivity index (χ4v) is 4.53. The molecule has 1 fully saturated rings. The van der Waals surface area contributed by atoms with Crippen molar-refractivity contribution in [3.8, 4) is 0 Å². The summed E-state index contributed by atoms with van der Waals surface area (Å²) in [6.07, 6.45) is 1.22. The number of alkyl halides is 2. The van der Waals surface area contributed by atoms with Crippen LogP contribution in [0.15, 0.2) is 35.3 Å². The van der Waals surface area contributed by atoms with Gasteiger partial charge in [0, 0.05) is 13.0 Å². The normalized spacial score (nSPS) is 17.4. The fourth-order valence-electron chi connectivity index (χ4n) is 4.53. The van der Waals surface area contributed by atoms with Gasteiger partial charge in [-0.3, -0.25) is 29.6 Å². The Morgan fingerprint density at radius 1 is 1.22 bits per heavy atom. The zero-order valence-electron chi connectivity index (χ0n) is 21.4. The molecule has 9 nitrogen and oxygen atoms in total. The van der Waals surface area contributed by atoms with Crippen LogP contribution in [0.2, 0.25) is 0 Å². The van der Waals surface area contributed by atoms with Gasteiger partial charge in [0.1, 0.15) is 0 Å². The number of nitrogens with two attached hydrogens (primary N) is 2. The number of halogens is 3. The van der Waals surface area contributed by atoms with Gasteiger partial charge >= 0.3 is 5.92 Å². The first-order chi connectivity index (χ1) is 17.1. The van der Waals surface area contributed by atoms with Crippen LogP contribution in [0.3, 0.4) is 0 Å². The third-order valence-corrected chi connectivity index (χ3v) is 6.35. The average Bonchev–Trinajstić information content (AvgIpc) is 3.32. The van der Waals surface area contributed by atoms with Crippen molar-refractivity contribution in [3.05, 3.63) is 35.9 Å². The van der Waals surface area contributed by atoms with Crippen LogP contribution in [-0.2, 0) is 20.8 Å². The van der Waals surface area contributed by atoms with E-state index in [1.807, 2.05) is 30.3 Å². The number of aliphatic imine (C=N–C) groups is 1. The molecule has 0 aromatic heterocycles. The lowest BCUT2D eigenvalue weighted by atomic mass is 9.96. The molecule has 208 valence electrons. The summed E-state index contributed by atoms with van der Waals surface area (Å²) in [5.74, 6) is -5.95. The van der Waals surface area contributed by atoms with Gasteiger partial charge in [-0.2, -0.15) is 8.78 Å². The highest BCUT2D eigenvalue weighted by atomic mass is 35.5. The first kappa shape index (κ1) is 32.4. The first-order valence-corrected chi connectivity index (χ1v) is 12.4. The van der Waals surface area contributed by atoms with E-state index >= 15 is 0 Å². The number of carbonyl (C=O) groups excluding carboxylic acids is 3. The predicted molar refractivity (Wildman–Crippen MR) is 142 cm³/mol. The Labute approximate surface area is 223 Å². The van der Waals surface area contributed by atoms with Gasteiger partial charge < -0.3 is 16.8 Å². The number of benzene rings is 1. The fraction of sp³-hybridized carbons (Fsp3) is 0.600. The van der Waals surface area contributed by atoms with E-state index in [4.69, 9.17) is 11.5 Å². The maximum atomic E-state index is 14.6. The monoisotopic (exact) mass is 544 g/mol. The first-order valence-electron chi connectivity index (χ1n) is 12.4. The van der Waals surface area contributed by atoms with Crippen molar-refractivity contribution in [2.24, 2.45) is 16.5 Å². The van der Waals surface area contributed by atoms with Crippen LogP contribution < -0.4 is 22.1 Å². The summed E-state index contributed by atoms with van der Waals surface area (Å²) in [7, 11) is 1.63. The number of carbonyl (C=O) groups is 3. The Morgan fingerprint density at radius 2 is 1.89 bits per heavy atom. The Kier molecular flexibility index (Phi) is 13.6. The van der Waals surface area contributed by atoms with Crippen LogP contribution in [0.1, 0.15) is 51.0 Å². The molecule has 0 bridgehead atoms. The number of guanidine groups is 1. The Balaban J connectivity index is 0.00000684. The van der Waals surface area contributed by atoms with Crippen LogP contribution in [0.5, 0.6) is 0 Å². The zero-order valence-corrected chi connectivity index (χ0v) is 22.2. The molecule has 1 aliphatic rings. The van der Waals surface area contributed by atoms with Gasteiger partial charge in [0.15, 0.2) is 5.96 Å². The summed E-state index contributed by atoms with van der Waals surface area (Å²) in [4.78, 5) is 44.2. The third kappa shape index (κ3) is 9.64. The van der Waals surface area contributed by atoms with Gasteiger partial charge in [-0.05, 0) is 57.7 Å². The molecule has 0 spiro atoms. The highest BCUT2D eigenvalue weighted by Crippen LogP contribution is 2.30. The number of hydrogen-bond donors (Lipinski definition) is 4. The van der Waals surface area contributed by atoms with Gasteiger partial charge in [0.05, 0.1) is 18.1 Å². The van der Waals surface area contributed by atoms with Crippen molar-refractivity contribution in [1.29, 1.82) is 0 Å². The molecule has 1 aromatic rings. The molecule has 1 unspecified atom stereocenters. The van der Waals surface area contributed by atoms with Crippen LogP contribution in [-0.4, -0.2) is 72.6 Å². The quantitative estimate of drug-likeness (QED) is 0.159. The smallest absolute Gasteiger partial charge is 0.306 e. The van der Waals surface area contributed by atoms with Crippen molar-refractivity contribution >= 4 is 36.0 Å². The number of likely N-dealkylation sites (tertiary alicyclic amines) is 1. The molecular formula is C25H39ClF2N6O3. The largest absolute Gasteiger partial charge is 0.370 e. The molecule has 0 saturated carbocycles. The minimum absolute atomic E-state index is 0. The van der Waals surface area contributed by atoms with Crippen molar-refractivity contribution in [2.75, 3.05) is 20.1 Å². The van der Waals surface area contributed by atoms with Gasteiger partial charge in [-0.25, -0.2) is 0 Å². The van der Waals surface area contributed by atoms with Crippen LogP contribution >= 0.6 is 12.4 Å². The van der Waals surface area contributed by atoms with Gasteiger partial charge in [-0.1, -0.05) is 37.3 Å². The lowest BCUT2D eigenvalue weighted by Gasteiger charge is -2.33. The van der Waals surface area contributed by atoms with Crippen molar-refractivity contribution in [1.82, 2.24) is 15.5 Å². The van der Waals surface area contributed by atoms with Gasteiger partial charge in [0.25, 0.3) is 0 Å². The van der Waals surface area contributed by atoms with Crippen molar-refractivity contribution in [2.45, 2.75) is 75.9 Å². The number of rotatable bonds is 14. The SMILES string of the molecule is CCCC(F)(F)C(=O)C(CCCN=C(N)N)N1CCC[C@H]1C(=O)NC(=O)[C@@H](Cc1ccccc1)NC.Cl. The highest BCUT2D eigenvalue weighted by Gasteiger charge is 2.47. The number of amides is 2. The molecular weight excluding hydrogens is 506 g/mol. The number of nitrogens with one attached hydrogen (secondary N) is 2. The second kappa shape index (κ2) is 15.6. The number of imide groups is 1. The molecule has 12 heteroatoms. The molecule has 0 aliphatic carbocycles. The minimum Gasteiger partial charge on any atom is -0.370 e. The van der Waals surface area contributed by atoms with E-state index in [2.05, 4.69) is 15.6 Å². The highest BCUT2D eigenvalue weighted by molar-refractivity contribution is 6.00. The summed E-state index contributed by atoms with van der Waals surface area (Å²) in [5.41, 5.74) is 11.6. The van der Waals surface area contributed by atoms with Crippen LogP contribution in [0.4, 0.5) is 8.78 Å². The van der Waals surface area contributed by atoms with E-state index in [-0.39, 0.29) is 37.8 Å². The minimum atomic E-state index is -3.51. The maximum absolute atomic E-state index is 14.6. The molecule has 1 heterocycles. The summed E-state index contributed by atoms with van der Waals surface area (Å²) in [5, 5.41) is 5.34. The van der Waals surface area contributed by atoms with Crippen molar-refractivity contribution < 1.29 is 23.2 Å². The number of hydrogen-bond acceptors (Lipinski definition) is 6. The lowest BCUT2D eigenvalue weighted by molar-refractivity contribution is -0.151. The van der Waals surface area contributed by atoms with Crippen LogP contribution in [0.25, 0.3) is 0 Å². The van der Waals surface area contributed by atoms with Crippen LogP contribution in [0, 0.1) is 0 Å². The van der Waals surface area contributed by atoms with Gasteiger partial charge in [0.2, 0.25) is 17.6 Å². The second-order valence-corrected chi connectivity index (χ2v) is 9.06. The number of ketones is 1. The van der Waals surface area contributed by atoms with E-state index in [0.29, 0.717) is 32.2 Å². The zero-order chi connectivity index (χ0) is 26.7. The second-order valence-electron chi connectivity index (χ2n) is 9.06. The summed E-state index contributed by atoms with van der Waals surface area (Å²) < 4.78 is 29.3. The standard InChI is InChI=1S/C25H38F2N6O3.ClH/c1-3-13-25(26,27)21(34)19(11-7-14-31-24(28)29)33-15-8-12-20(33)23(36)32-22(35)18(30-2)16-17-9-5-4-6-10-17;/h4-6,9-10,18-20,30H,3,7-8,11-16H2,1-2H3,(H4,28,29,31)(H,32,35,36);1H/t18-,19?,20+;/m1./s1. The number of likely N-dealkylation sites (N-methyl/N-ethyl adjacent to an activating group) is 1. The average molecular weight is 545 g/mol. The van der Waals surface area contributed by atoms with E-state index < -0.39 is 48.1 Å².